The summed E-state index contributed by atoms with van der Waals surface area (Å²) in [7, 11) is 0. The zero-order chi connectivity index (χ0) is 16.6. The van der Waals surface area contributed by atoms with E-state index in [1.807, 2.05) is 12.1 Å². The number of carbonyl (C=O) groups is 1. The molecule has 1 aromatic carbocycles. The Kier molecular flexibility index (Phi) is 3.96. The maximum absolute atomic E-state index is 13.2. The molecule has 1 saturated carbocycles. The number of likely N-dealkylation sites (tertiary alicyclic amines) is 1. The van der Waals surface area contributed by atoms with Gasteiger partial charge in [-0.2, -0.15) is 0 Å². The zero-order valence-electron chi connectivity index (χ0n) is 13.7. The molecule has 5 nitrogen and oxygen atoms in total. The van der Waals surface area contributed by atoms with Crippen molar-refractivity contribution in [1.29, 1.82) is 0 Å². The molecule has 0 aromatic heterocycles. The minimum Gasteiger partial charge on any atom is -0.346 e. The second kappa shape index (κ2) is 6.01. The minimum atomic E-state index is -0.581. The molecule has 0 radical (unpaired) electrons. The molecule has 4 rings (SSSR count). The monoisotopic (exact) mass is 334 g/mol. The molecular formula is C18H23FN2O3. The van der Waals surface area contributed by atoms with Gasteiger partial charge >= 0.3 is 6.03 Å². The quantitative estimate of drug-likeness (QED) is 0.923. The first kappa shape index (κ1) is 15.8. The summed E-state index contributed by atoms with van der Waals surface area (Å²) in [6.07, 6.45) is 3.91. The van der Waals surface area contributed by atoms with Crippen molar-refractivity contribution in [3.63, 3.8) is 0 Å². The van der Waals surface area contributed by atoms with E-state index in [-0.39, 0.29) is 17.3 Å². The fourth-order valence-corrected chi connectivity index (χ4v) is 3.99. The van der Waals surface area contributed by atoms with Gasteiger partial charge in [-0.3, -0.25) is 0 Å². The zero-order valence-corrected chi connectivity index (χ0v) is 13.7. The van der Waals surface area contributed by atoms with Gasteiger partial charge in [-0.15, -0.1) is 0 Å². The third-order valence-electron chi connectivity index (χ3n) is 5.64. The Morgan fingerprint density at radius 3 is 2.50 bits per heavy atom. The van der Waals surface area contributed by atoms with E-state index in [1.165, 1.54) is 12.1 Å². The number of nitrogens with zero attached hydrogens (tertiary/aromatic N) is 1. The molecule has 0 atom stereocenters. The van der Waals surface area contributed by atoms with Gasteiger partial charge in [-0.1, -0.05) is 18.6 Å². The Morgan fingerprint density at radius 2 is 1.88 bits per heavy atom. The predicted octanol–water partition coefficient (Wildman–Crippen LogP) is 2.41. The summed E-state index contributed by atoms with van der Waals surface area (Å²) in [6, 6.07) is 6.60. The van der Waals surface area contributed by atoms with Crippen LogP contribution in [-0.4, -0.2) is 49.6 Å². The van der Waals surface area contributed by atoms with Gasteiger partial charge in [0.05, 0.1) is 19.8 Å². The molecule has 1 N–H and O–H groups in total. The molecule has 0 unspecified atom stereocenters. The number of hydrogen-bond acceptors (Lipinski definition) is 3. The van der Waals surface area contributed by atoms with Crippen LogP contribution >= 0.6 is 0 Å². The van der Waals surface area contributed by atoms with Crippen molar-refractivity contribution in [2.45, 2.75) is 36.9 Å². The Labute approximate surface area is 141 Å². The average Bonchev–Trinajstić information content (AvgIpc) is 3.18. The summed E-state index contributed by atoms with van der Waals surface area (Å²) in [6.45, 7) is 2.92. The van der Waals surface area contributed by atoms with E-state index in [4.69, 9.17) is 9.47 Å². The highest BCUT2D eigenvalue weighted by atomic mass is 19.1. The molecule has 2 amide bonds. The van der Waals surface area contributed by atoms with Crippen LogP contribution in [0.1, 0.15) is 31.2 Å². The fourth-order valence-electron chi connectivity index (χ4n) is 3.99. The van der Waals surface area contributed by atoms with Crippen LogP contribution in [0.4, 0.5) is 9.18 Å². The normalized spacial score (nSPS) is 24.1. The number of carbonyl (C=O) groups excluding carboxylic acids is 1. The third-order valence-corrected chi connectivity index (χ3v) is 5.64. The first-order valence-electron chi connectivity index (χ1n) is 8.68. The lowest BCUT2D eigenvalue weighted by atomic mass is 9.64. The van der Waals surface area contributed by atoms with E-state index in [9.17, 15) is 9.18 Å². The second-order valence-corrected chi connectivity index (χ2v) is 7.08. The molecule has 3 fully saturated rings. The van der Waals surface area contributed by atoms with Crippen molar-refractivity contribution >= 4 is 6.03 Å². The summed E-state index contributed by atoms with van der Waals surface area (Å²) in [4.78, 5) is 14.3. The van der Waals surface area contributed by atoms with Crippen LogP contribution in [0.15, 0.2) is 24.3 Å². The van der Waals surface area contributed by atoms with Crippen LogP contribution in [0, 0.1) is 5.82 Å². The van der Waals surface area contributed by atoms with Gasteiger partial charge in [0.1, 0.15) is 5.82 Å². The third kappa shape index (κ3) is 2.78. The first-order chi connectivity index (χ1) is 11.6. The van der Waals surface area contributed by atoms with Gasteiger partial charge in [-0.05, 0) is 30.5 Å². The molecular weight excluding hydrogens is 311 g/mol. The lowest BCUT2D eigenvalue weighted by molar-refractivity contribution is -0.143. The average molecular weight is 334 g/mol. The molecule has 2 heterocycles. The molecule has 2 aliphatic heterocycles. The molecule has 6 heteroatoms. The molecule has 2 saturated heterocycles. The number of rotatable bonds is 3. The van der Waals surface area contributed by atoms with Gasteiger partial charge in [0.15, 0.2) is 5.79 Å². The minimum absolute atomic E-state index is 0.0544. The Balaban J connectivity index is 1.37. The summed E-state index contributed by atoms with van der Waals surface area (Å²) >= 11 is 0. The maximum Gasteiger partial charge on any atom is 0.317 e. The maximum atomic E-state index is 13.2. The highest BCUT2D eigenvalue weighted by molar-refractivity contribution is 5.74. The van der Waals surface area contributed by atoms with E-state index in [2.05, 4.69) is 5.32 Å². The Morgan fingerprint density at radius 1 is 1.17 bits per heavy atom. The lowest BCUT2D eigenvalue weighted by Gasteiger charge is -2.43. The topological polar surface area (TPSA) is 50.8 Å². The van der Waals surface area contributed by atoms with E-state index in [1.54, 1.807) is 4.90 Å². The molecule has 0 bridgehead atoms. The molecule has 24 heavy (non-hydrogen) atoms. The summed E-state index contributed by atoms with van der Waals surface area (Å²) < 4.78 is 24.5. The Bertz CT molecular complexity index is 609. The highest BCUT2D eigenvalue weighted by Gasteiger charge is 2.45. The van der Waals surface area contributed by atoms with Crippen molar-refractivity contribution < 1.29 is 18.7 Å². The van der Waals surface area contributed by atoms with E-state index in [0.717, 1.165) is 31.2 Å². The SMILES string of the molecule is O=C(NCC1(c2ccc(F)cc2)CCC1)N1CCC2(C1)OCCO2. The van der Waals surface area contributed by atoms with E-state index >= 15 is 0 Å². The van der Waals surface area contributed by atoms with Gasteiger partial charge in [0, 0.05) is 24.9 Å². The lowest BCUT2D eigenvalue weighted by Crippen LogP contribution is -2.49. The Hall–Kier alpha value is -1.66. The molecule has 3 aliphatic rings. The van der Waals surface area contributed by atoms with Crippen LogP contribution in [0.3, 0.4) is 0 Å². The van der Waals surface area contributed by atoms with Crippen molar-refractivity contribution in [3.8, 4) is 0 Å². The second-order valence-electron chi connectivity index (χ2n) is 7.08. The molecule has 130 valence electrons. The highest BCUT2D eigenvalue weighted by Crippen LogP contribution is 2.43. The fraction of sp³-hybridized carbons (Fsp3) is 0.611. The van der Waals surface area contributed by atoms with Crippen LogP contribution in [0.2, 0.25) is 0 Å². The van der Waals surface area contributed by atoms with Crippen LogP contribution in [0.5, 0.6) is 0 Å². The number of amides is 2. The van der Waals surface area contributed by atoms with Crippen molar-refractivity contribution in [2.75, 3.05) is 32.8 Å². The number of hydrogen-bond donors (Lipinski definition) is 1. The van der Waals surface area contributed by atoms with Crippen LogP contribution in [-0.2, 0) is 14.9 Å². The standard InChI is InChI=1S/C18H23FN2O3/c19-15-4-2-14(3-5-15)17(6-1-7-17)12-20-16(22)21-9-8-18(13-21)23-10-11-24-18/h2-5H,1,6-13H2,(H,20,22). The predicted molar refractivity (Wildman–Crippen MR) is 86.2 cm³/mol. The number of urea groups is 1. The first-order valence-corrected chi connectivity index (χ1v) is 8.68. The number of ether oxygens (including phenoxy) is 2. The van der Waals surface area contributed by atoms with Crippen molar-refractivity contribution in [2.24, 2.45) is 0 Å². The van der Waals surface area contributed by atoms with Gasteiger partial charge in [0.25, 0.3) is 0 Å². The summed E-state index contributed by atoms with van der Waals surface area (Å²) in [5.74, 6) is -0.807. The number of nitrogens with one attached hydrogen (secondary N) is 1. The van der Waals surface area contributed by atoms with E-state index < -0.39 is 5.79 Å². The van der Waals surface area contributed by atoms with Gasteiger partial charge in [-0.25, -0.2) is 9.18 Å². The van der Waals surface area contributed by atoms with Gasteiger partial charge < -0.3 is 19.7 Å². The largest absolute Gasteiger partial charge is 0.346 e. The van der Waals surface area contributed by atoms with Crippen LogP contribution < -0.4 is 5.32 Å². The number of benzene rings is 1. The van der Waals surface area contributed by atoms with E-state index in [0.29, 0.717) is 32.8 Å². The van der Waals surface area contributed by atoms with Crippen molar-refractivity contribution in [1.82, 2.24) is 10.2 Å². The smallest absolute Gasteiger partial charge is 0.317 e. The molecule has 1 aliphatic carbocycles. The van der Waals surface area contributed by atoms with Crippen molar-refractivity contribution in [3.05, 3.63) is 35.6 Å². The van der Waals surface area contributed by atoms with Gasteiger partial charge in [0.2, 0.25) is 0 Å². The molecule has 1 spiro atoms. The number of halogens is 1. The summed E-state index contributed by atoms with van der Waals surface area (Å²) in [5, 5.41) is 3.07. The molecule has 1 aromatic rings. The summed E-state index contributed by atoms with van der Waals surface area (Å²) in [5.41, 5.74) is 1.05. The van der Waals surface area contributed by atoms with Crippen LogP contribution in [0.25, 0.3) is 0 Å².